The Morgan fingerprint density at radius 3 is 2.55 bits per heavy atom. The Labute approximate surface area is 141 Å². The van der Waals surface area contributed by atoms with E-state index in [9.17, 15) is 21.6 Å². The second-order valence-corrected chi connectivity index (χ2v) is 7.40. The third kappa shape index (κ3) is 4.82. The average molecular weight is 424 g/mol. The molecule has 22 heavy (non-hydrogen) atoms. The Hall–Kier alpha value is -0.350. The van der Waals surface area contributed by atoms with Crippen LogP contribution >= 0.6 is 28.3 Å². The highest BCUT2D eigenvalue weighted by molar-refractivity contribution is 9.10. The molecule has 1 aromatic rings. The summed E-state index contributed by atoms with van der Waals surface area (Å²) in [7, 11) is -4.22. The first-order valence-corrected chi connectivity index (χ1v) is 8.57. The molecule has 126 valence electrons. The molecule has 0 aliphatic carbocycles. The van der Waals surface area contributed by atoms with Gasteiger partial charge in [0.2, 0.25) is 10.0 Å². The van der Waals surface area contributed by atoms with E-state index in [1.54, 1.807) is 0 Å². The molecule has 1 unspecified atom stereocenters. The molecule has 1 saturated heterocycles. The number of alkyl halides is 3. The summed E-state index contributed by atoms with van der Waals surface area (Å²) < 4.78 is 66.0. The van der Waals surface area contributed by atoms with Gasteiger partial charge in [0.1, 0.15) is 0 Å². The molecule has 1 heterocycles. The Kier molecular flexibility index (Phi) is 6.70. The Morgan fingerprint density at radius 2 is 2.00 bits per heavy atom. The van der Waals surface area contributed by atoms with Crippen molar-refractivity contribution in [2.24, 2.45) is 0 Å². The fraction of sp³-hybridized carbons (Fsp3) is 0.500. The topological polar surface area (TPSA) is 58.2 Å². The Balaban J connectivity index is 0.00000242. The number of halogens is 5. The van der Waals surface area contributed by atoms with E-state index in [2.05, 4.69) is 26.0 Å². The fourth-order valence-corrected chi connectivity index (χ4v) is 4.03. The molecule has 4 nitrogen and oxygen atoms in total. The van der Waals surface area contributed by atoms with Crippen LogP contribution in [0.4, 0.5) is 13.2 Å². The Bertz CT molecular complexity index is 619. The minimum Gasteiger partial charge on any atom is -0.315 e. The van der Waals surface area contributed by atoms with Crippen LogP contribution < -0.4 is 10.0 Å². The highest BCUT2D eigenvalue weighted by Gasteiger charge is 2.38. The predicted molar refractivity (Wildman–Crippen MR) is 82.6 cm³/mol. The molecule has 2 N–H and O–H groups in total. The summed E-state index contributed by atoms with van der Waals surface area (Å²) in [4.78, 5) is -0.747. The maximum atomic E-state index is 13.0. The number of rotatable bonds is 3. The van der Waals surface area contributed by atoms with E-state index in [4.69, 9.17) is 0 Å². The van der Waals surface area contributed by atoms with Crippen LogP contribution in [-0.2, 0) is 16.2 Å². The largest absolute Gasteiger partial charge is 0.417 e. The van der Waals surface area contributed by atoms with Gasteiger partial charge in [-0.25, -0.2) is 13.1 Å². The molecular weight excluding hydrogens is 409 g/mol. The normalized spacial score (nSPS) is 19.5. The Morgan fingerprint density at radius 1 is 1.32 bits per heavy atom. The van der Waals surface area contributed by atoms with E-state index in [0.717, 1.165) is 25.1 Å². The monoisotopic (exact) mass is 422 g/mol. The molecule has 1 aliphatic heterocycles. The summed E-state index contributed by atoms with van der Waals surface area (Å²) in [5.41, 5.74) is -1.17. The average Bonchev–Trinajstić information content (AvgIpc) is 2.38. The zero-order valence-corrected chi connectivity index (χ0v) is 14.5. The van der Waals surface area contributed by atoms with Crippen molar-refractivity contribution in [2.45, 2.75) is 30.0 Å². The lowest BCUT2D eigenvalue weighted by atomic mass is 10.1. The van der Waals surface area contributed by atoms with Crippen LogP contribution in [0.25, 0.3) is 0 Å². The number of benzene rings is 1. The van der Waals surface area contributed by atoms with E-state index in [1.165, 1.54) is 6.07 Å². The third-order valence-corrected chi connectivity index (χ3v) is 5.23. The first-order chi connectivity index (χ1) is 9.70. The minimum absolute atomic E-state index is 0. The molecule has 2 rings (SSSR count). The van der Waals surface area contributed by atoms with Gasteiger partial charge in [-0.15, -0.1) is 12.4 Å². The lowest BCUT2D eigenvalue weighted by molar-refractivity contribution is -0.139. The van der Waals surface area contributed by atoms with Gasteiger partial charge in [0.15, 0.2) is 0 Å². The van der Waals surface area contributed by atoms with Gasteiger partial charge in [0.25, 0.3) is 0 Å². The zero-order chi connectivity index (χ0) is 15.7. The molecule has 0 aromatic heterocycles. The van der Waals surface area contributed by atoms with Crippen LogP contribution in [-0.4, -0.2) is 27.5 Å². The van der Waals surface area contributed by atoms with Gasteiger partial charge in [-0.2, -0.15) is 13.2 Å². The van der Waals surface area contributed by atoms with Crippen molar-refractivity contribution < 1.29 is 21.6 Å². The van der Waals surface area contributed by atoms with E-state index in [0.29, 0.717) is 13.0 Å². The molecule has 1 aliphatic rings. The van der Waals surface area contributed by atoms with Crippen molar-refractivity contribution in [2.75, 3.05) is 13.1 Å². The van der Waals surface area contributed by atoms with E-state index in [-0.39, 0.29) is 16.9 Å². The molecule has 1 fully saturated rings. The first kappa shape index (κ1) is 19.7. The summed E-state index contributed by atoms with van der Waals surface area (Å²) in [6.07, 6.45) is -3.36. The van der Waals surface area contributed by atoms with Gasteiger partial charge in [-0.05, 0) is 37.6 Å². The van der Waals surface area contributed by atoms with Crippen molar-refractivity contribution in [3.63, 3.8) is 0 Å². The van der Waals surface area contributed by atoms with Gasteiger partial charge in [-0.1, -0.05) is 15.9 Å². The number of nitrogens with one attached hydrogen (secondary N) is 2. The highest BCUT2D eigenvalue weighted by atomic mass is 79.9. The van der Waals surface area contributed by atoms with Gasteiger partial charge in [0.05, 0.1) is 10.5 Å². The molecule has 0 bridgehead atoms. The number of sulfonamides is 1. The van der Waals surface area contributed by atoms with Crippen molar-refractivity contribution in [1.29, 1.82) is 0 Å². The van der Waals surface area contributed by atoms with E-state index in [1.807, 2.05) is 0 Å². The van der Waals surface area contributed by atoms with E-state index < -0.39 is 32.7 Å². The van der Waals surface area contributed by atoms with Crippen molar-refractivity contribution in [1.82, 2.24) is 10.0 Å². The highest BCUT2D eigenvalue weighted by Crippen LogP contribution is 2.36. The zero-order valence-electron chi connectivity index (χ0n) is 11.3. The molecule has 1 atom stereocenters. The standard InChI is InChI=1S/C12H14BrF3N2O2S.ClH/c13-8-3-4-11(10(6-8)12(14,15)16)21(19,20)18-9-2-1-5-17-7-9;/h3-4,6,9,17-18H,1-2,5,7H2;1H. The van der Waals surface area contributed by atoms with Crippen molar-refractivity contribution in [3.05, 3.63) is 28.2 Å². The summed E-state index contributed by atoms with van der Waals surface area (Å²) in [6, 6.07) is 2.62. The summed E-state index contributed by atoms with van der Waals surface area (Å²) in [5, 5.41) is 3.01. The maximum absolute atomic E-state index is 13.0. The fourth-order valence-electron chi connectivity index (χ4n) is 2.19. The molecule has 10 heteroatoms. The third-order valence-electron chi connectivity index (χ3n) is 3.16. The second kappa shape index (κ2) is 7.48. The van der Waals surface area contributed by atoms with E-state index >= 15 is 0 Å². The number of hydrogen-bond acceptors (Lipinski definition) is 3. The smallest absolute Gasteiger partial charge is 0.315 e. The quantitative estimate of drug-likeness (QED) is 0.786. The molecule has 0 radical (unpaired) electrons. The first-order valence-electron chi connectivity index (χ1n) is 6.30. The van der Waals surface area contributed by atoms with Crippen LogP contribution in [0.15, 0.2) is 27.6 Å². The summed E-state index contributed by atoms with van der Waals surface area (Å²) >= 11 is 2.93. The van der Waals surface area contributed by atoms with Crippen LogP contribution in [0, 0.1) is 0 Å². The van der Waals surface area contributed by atoms with Gasteiger partial charge in [-0.3, -0.25) is 0 Å². The van der Waals surface area contributed by atoms with Crippen LogP contribution in [0.2, 0.25) is 0 Å². The molecule has 1 aromatic carbocycles. The van der Waals surface area contributed by atoms with Crippen LogP contribution in [0.3, 0.4) is 0 Å². The SMILES string of the molecule is Cl.O=S(=O)(NC1CCCNC1)c1ccc(Br)cc1C(F)(F)F. The molecule has 0 amide bonds. The summed E-state index contributed by atoms with van der Waals surface area (Å²) in [6.45, 7) is 1.20. The van der Waals surface area contributed by atoms with Gasteiger partial charge in [0, 0.05) is 17.1 Å². The molecular formula is C12H15BrClF3N2O2S. The second-order valence-electron chi connectivity index (χ2n) is 4.80. The number of hydrogen-bond donors (Lipinski definition) is 2. The molecule has 0 saturated carbocycles. The maximum Gasteiger partial charge on any atom is 0.417 e. The van der Waals surface area contributed by atoms with Gasteiger partial charge < -0.3 is 5.32 Å². The number of piperidine rings is 1. The lowest BCUT2D eigenvalue weighted by Crippen LogP contribution is -2.45. The van der Waals surface area contributed by atoms with Crippen molar-refractivity contribution >= 4 is 38.4 Å². The lowest BCUT2D eigenvalue weighted by Gasteiger charge is -2.24. The predicted octanol–water partition coefficient (Wildman–Crippen LogP) is 2.92. The summed E-state index contributed by atoms with van der Waals surface area (Å²) in [5.74, 6) is 0. The van der Waals surface area contributed by atoms with Crippen LogP contribution in [0.1, 0.15) is 18.4 Å². The van der Waals surface area contributed by atoms with Crippen LogP contribution in [0.5, 0.6) is 0 Å². The van der Waals surface area contributed by atoms with Gasteiger partial charge >= 0.3 is 6.18 Å². The minimum atomic E-state index is -4.74. The van der Waals surface area contributed by atoms with Crippen molar-refractivity contribution in [3.8, 4) is 0 Å². The molecule has 0 spiro atoms.